The number of benzene rings is 2. The number of hydrazine groups is 1. The highest BCUT2D eigenvalue weighted by molar-refractivity contribution is 6.06. The van der Waals surface area contributed by atoms with E-state index in [2.05, 4.69) is 21.5 Å². The molecule has 11 nitrogen and oxygen atoms in total. The first-order chi connectivity index (χ1) is 15.8. The zero-order valence-corrected chi connectivity index (χ0v) is 17.6. The first-order valence-corrected chi connectivity index (χ1v) is 10.2. The van der Waals surface area contributed by atoms with Crippen molar-refractivity contribution in [2.75, 3.05) is 18.9 Å². The van der Waals surface area contributed by atoms with Gasteiger partial charge in [0, 0.05) is 30.3 Å². The molecule has 1 heterocycles. The third-order valence-corrected chi connectivity index (χ3v) is 5.50. The second-order valence-electron chi connectivity index (χ2n) is 7.53. The molecule has 1 aliphatic heterocycles. The van der Waals surface area contributed by atoms with Crippen LogP contribution in [0, 0.1) is 0 Å². The molecule has 1 spiro atoms. The Morgan fingerprint density at radius 1 is 1.06 bits per heavy atom. The summed E-state index contributed by atoms with van der Waals surface area (Å²) in [6, 6.07) is 12.8. The van der Waals surface area contributed by atoms with E-state index in [9.17, 15) is 24.0 Å². The Balaban J connectivity index is 1.43. The first kappa shape index (κ1) is 21.8. The number of urea groups is 1. The number of carbonyl (C=O) groups excluding carboxylic acids is 5. The molecule has 2 aromatic carbocycles. The van der Waals surface area contributed by atoms with Gasteiger partial charge >= 0.3 is 12.1 Å². The van der Waals surface area contributed by atoms with Crippen LogP contribution in [0.2, 0.25) is 0 Å². The molecule has 2 aliphatic rings. The van der Waals surface area contributed by atoms with Gasteiger partial charge in [-0.1, -0.05) is 24.3 Å². The van der Waals surface area contributed by atoms with Crippen LogP contribution in [0.3, 0.4) is 0 Å². The van der Waals surface area contributed by atoms with Gasteiger partial charge in [0.15, 0.2) is 0 Å². The zero-order chi connectivity index (χ0) is 23.6. The van der Waals surface area contributed by atoms with Crippen molar-refractivity contribution >= 4 is 35.5 Å². The van der Waals surface area contributed by atoms with E-state index in [-0.39, 0.29) is 12.5 Å². The Labute approximate surface area is 188 Å². The molecule has 6 amide bonds. The molecule has 33 heavy (non-hydrogen) atoms. The highest BCUT2D eigenvalue weighted by Crippen LogP contribution is 2.45. The van der Waals surface area contributed by atoms with E-state index < -0.39 is 36.0 Å². The van der Waals surface area contributed by atoms with Crippen molar-refractivity contribution < 1.29 is 28.7 Å². The average Bonchev–Trinajstić information content (AvgIpc) is 3.30. The first-order valence-electron chi connectivity index (χ1n) is 10.2. The summed E-state index contributed by atoms with van der Waals surface area (Å²) in [6.07, 6.45) is -0.269. The molecule has 2 aromatic rings. The van der Waals surface area contributed by atoms with Crippen LogP contribution in [0.1, 0.15) is 27.9 Å². The minimum atomic E-state index is -1.51. The highest BCUT2D eigenvalue weighted by Gasteiger charge is 2.58. The largest absolute Gasteiger partial charge is 0.427 e. The fourth-order valence-corrected chi connectivity index (χ4v) is 3.90. The van der Waals surface area contributed by atoms with E-state index in [1.165, 1.54) is 7.05 Å². The van der Waals surface area contributed by atoms with Crippen LogP contribution in [0.25, 0.3) is 0 Å². The summed E-state index contributed by atoms with van der Waals surface area (Å²) in [5.41, 5.74) is 5.06. The number of nitrogens with one attached hydrogen (secondary N) is 4. The Hall–Kier alpha value is -4.41. The second kappa shape index (κ2) is 8.61. The number of anilines is 1. The second-order valence-corrected chi connectivity index (χ2v) is 7.53. The monoisotopic (exact) mass is 451 g/mol. The molecule has 0 aromatic heterocycles. The maximum atomic E-state index is 13.1. The van der Waals surface area contributed by atoms with Crippen molar-refractivity contribution in [3.05, 3.63) is 65.2 Å². The lowest BCUT2D eigenvalue weighted by molar-refractivity contribution is -0.139. The van der Waals surface area contributed by atoms with Gasteiger partial charge in [0.1, 0.15) is 6.54 Å². The predicted octanol–water partition coefficient (Wildman–Crippen LogP) is 1.02. The van der Waals surface area contributed by atoms with Crippen molar-refractivity contribution in [1.29, 1.82) is 0 Å². The van der Waals surface area contributed by atoms with Crippen LogP contribution in [-0.4, -0.2) is 48.3 Å². The highest BCUT2D eigenvalue weighted by atomic mass is 16.6. The molecular formula is C22H21N5O6. The number of fused-ring (bicyclic) bond motifs is 2. The van der Waals surface area contributed by atoms with Crippen LogP contribution in [0.15, 0.2) is 48.5 Å². The third kappa shape index (κ3) is 4.07. The molecule has 0 saturated carbocycles. The van der Waals surface area contributed by atoms with E-state index in [0.29, 0.717) is 23.2 Å². The van der Waals surface area contributed by atoms with Crippen LogP contribution in [-0.2, 0) is 26.3 Å². The summed E-state index contributed by atoms with van der Waals surface area (Å²) in [4.78, 5) is 62.2. The number of carbonyl (C=O) groups is 5. The number of imide groups is 1. The SMILES string of the molecule is CNC(=O)Nc1ccc2c(c1)CC[C@]21OC(=O)N(CC(=O)NNC(=O)c2ccccc2)C1=O. The minimum Gasteiger partial charge on any atom is -0.427 e. The van der Waals surface area contributed by atoms with Gasteiger partial charge in [0.2, 0.25) is 5.60 Å². The van der Waals surface area contributed by atoms with Gasteiger partial charge in [-0.05, 0) is 36.2 Å². The molecule has 4 rings (SSSR count). The molecule has 1 fully saturated rings. The molecule has 0 unspecified atom stereocenters. The Bertz CT molecular complexity index is 1150. The number of amides is 6. The molecule has 1 aliphatic carbocycles. The number of ether oxygens (including phenoxy) is 1. The van der Waals surface area contributed by atoms with Gasteiger partial charge in [-0.2, -0.15) is 0 Å². The van der Waals surface area contributed by atoms with Gasteiger partial charge in [-0.25, -0.2) is 14.5 Å². The maximum absolute atomic E-state index is 13.1. The van der Waals surface area contributed by atoms with Crippen molar-refractivity contribution in [2.45, 2.75) is 18.4 Å². The lowest BCUT2D eigenvalue weighted by Crippen LogP contribution is -2.48. The van der Waals surface area contributed by atoms with Crippen LogP contribution in [0.5, 0.6) is 0 Å². The predicted molar refractivity (Wildman–Crippen MR) is 115 cm³/mol. The summed E-state index contributed by atoms with van der Waals surface area (Å²) in [5, 5.41) is 5.10. The molecule has 11 heteroatoms. The van der Waals surface area contributed by atoms with Gasteiger partial charge in [-0.3, -0.25) is 25.2 Å². The molecule has 0 radical (unpaired) electrons. The molecule has 170 valence electrons. The quantitative estimate of drug-likeness (QED) is 0.511. The third-order valence-electron chi connectivity index (χ3n) is 5.50. The summed E-state index contributed by atoms with van der Waals surface area (Å²) >= 11 is 0. The minimum absolute atomic E-state index is 0.221. The van der Waals surface area contributed by atoms with Crippen LogP contribution >= 0.6 is 0 Å². The van der Waals surface area contributed by atoms with E-state index in [1.54, 1.807) is 48.5 Å². The average molecular weight is 451 g/mol. The lowest BCUT2D eigenvalue weighted by Gasteiger charge is -2.20. The fourth-order valence-electron chi connectivity index (χ4n) is 3.90. The summed E-state index contributed by atoms with van der Waals surface area (Å²) < 4.78 is 5.47. The van der Waals surface area contributed by atoms with E-state index >= 15 is 0 Å². The standard InChI is InChI=1S/C22H21N5O6/c1-23-20(31)24-15-7-8-16-14(11-15)9-10-22(16)19(30)27(21(32)33-22)12-17(28)25-26-18(29)13-5-3-2-4-6-13/h2-8,11H,9-10,12H2,1H3,(H,25,28)(H,26,29)(H2,23,24,31)/t22-/m0/s1. The van der Waals surface area contributed by atoms with Crippen molar-refractivity contribution in [3.63, 3.8) is 0 Å². The summed E-state index contributed by atoms with van der Waals surface area (Å²) in [5.74, 6) is -1.95. The van der Waals surface area contributed by atoms with Gasteiger partial charge in [0.25, 0.3) is 17.7 Å². The van der Waals surface area contributed by atoms with E-state index in [1.807, 2.05) is 0 Å². The smallest absolute Gasteiger partial charge is 0.418 e. The topological polar surface area (TPSA) is 146 Å². The molecular weight excluding hydrogens is 430 g/mol. The molecule has 1 atom stereocenters. The normalized spacial score (nSPS) is 18.5. The maximum Gasteiger partial charge on any atom is 0.418 e. The van der Waals surface area contributed by atoms with Gasteiger partial charge in [-0.15, -0.1) is 0 Å². The Morgan fingerprint density at radius 2 is 1.82 bits per heavy atom. The number of hydrogen-bond donors (Lipinski definition) is 4. The van der Waals surface area contributed by atoms with Crippen molar-refractivity contribution in [1.82, 2.24) is 21.1 Å². The molecule has 4 N–H and O–H groups in total. The van der Waals surface area contributed by atoms with Crippen LogP contribution < -0.4 is 21.5 Å². The van der Waals surface area contributed by atoms with E-state index in [0.717, 1.165) is 10.5 Å². The number of aryl methyl sites for hydroxylation is 1. The summed E-state index contributed by atoms with van der Waals surface area (Å²) in [6.45, 7) is -0.611. The van der Waals surface area contributed by atoms with Gasteiger partial charge < -0.3 is 15.4 Å². The summed E-state index contributed by atoms with van der Waals surface area (Å²) in [7, 11) is 1.49. The molecule has 1 saturated heterocycles. The fraction of sp³-hybridized carbons (Fsp3) is 0.227. The lowest BCUT2D eigenvalue weighted by atomic mass is 9.94. The van der Waals surface area contributed by atoms with Crippen molar-refractivity contribution in [3.8, 4) is 0 Å². The van der Waals surface area contributed by atoms with E-state index in [4.69, 9.17) is 4.74 Å². The Morgan fingerprint density at radius 3 is 2.55 bits per heavy atom. The number of nitrogens with zero attached hydrogens (tertiary/aromatic N) is 1. The molecule has 0 bridgehead atoms. The zero-order valence-electron chi connectivity index (χ0n) is 17.6. The van der Waals surface area contributed by atoms with Gasteiger partial charge in [0.05, 0.1) is 0 Å². The number of hydrogen-bond acceptors (Lipinski definition) is 6. The van der Waals surface area contributed by atoms with Crippen LogP contribution in [0.4, 0.5) is 15.3 Å². The number of rotatable bonds is 4. The Kier molecular flexibility index (Phi) is 5.69. The van der Waals surface area contributed by atoms with Crippen molar-refractivity contribution in [2.24, 2.45) is 0 Å².